The summed E-state index contributed by atoms with van der Waals surface area (Å²) >= 11 is 1.05. The Kier molecular flexibility index (Phi) is 3.10. The maximum atomic E-state index is 11.7. The van der Waals surface area contributed by atoms with Crippen molar-refractivity contribution in [3.63, 3.8) is 0 Å². The van der Waals surface area contributed by atoms with E-state index in [1.54, 1.807) is 5.38 Å². The number of hydrogen-bond acceptors (Lipinski definition) is 5. The fraction of sp³-hybridized carbons (Fsp3) is 0. The molecule has 0 saturated heterocycles. The van der Waals surface area contributed by atoms with Crippen LogP contribution in [0.3, 0.4) is 0 Å². The molecule has 0 aromatic carbocycles. The molecule has 0 fully saturated rings. The molecule has 86 valence electrons. The van der Waals surface area contributed by atoms with Gasteiger partial charge in [0.15, 0.2) is 0 Å². The third-order valence-electron chi connectivity index (χ3n) is 1.93. The normalized spacial score (nSPS) is 9.88. The second-order valence-corrected chi connectivity index (χ2v) is 3.97. The van der Waals surface area contributed by atoms with Crippen molar-refractivity contribution in [3.05, 3.63) is 40.6 Å². The summed E-state index contributed by atoms with van der Waals surface area (Å²) in [5.41, 5.74) is 0.548. The van der Waals surface area contributed by atoms with Gasteiger partial charge >= 0.3 is 5.97 Å². The number of carbonyl (C=O) groups is 2. The van der Waals surface area contributed by atoms with Crippen molar-refractivity contribution in [2.75, 3.05) is 5.32 Å². The van der Waals surface area contributed by atoms with Crippen molar-refractivity contribution in [1.29, 1.82) is 0 Å². The summed E-state index contributed by atoms with van der Waals surface area (Å²) in [6, 6.07) is 1.54. The Hall–Kier alpha value is -2.28. The van der Waals surface area contributed by atoms with Gasteiger partial charge in [0.1, 0.15) is 11.2 Å². The van der Waals surface area contributed by atoms with Gasteiger partial charge in [-0.05, 0) is 11.4 Å². The first-order valence-electron chi connectivity index (χ1n) is 4.55. The molecule has 6 nitrogen and oxygen atoms in total. The Morgan fingerprint density at radius 1 is 1.29 bits per heavy atom. The van der Waals surface area contributed by atoms with Crippen LogP contribution in [0.2, 0.25) is 0 Å². The summed E-state index contributed by atoms with van der Waals surface area (Å²) in [6.45, 7) is 0. The molecule has 0 saturated carbocycles. The summed E-state index contributed by atoms with van der Waals surface area (Å²) in [5.74, 6) is -1.51. The Morgan fingerprint density at radius 3 is 2.65 bits per heavy atom. The molecule has 0 bridgehead atoms. The number of carbonyl (C=O) groups excluding carboxylic acids is 1. The number of amides is 1. The molecule has 2 heterocycles. The lowest BCUT2D eigenvalue weighted by molar-refractivity contribution is 0.0703. The molecule has 17 heavy (non-hydrogen) atoms. The average molecular weight is 249 g/mol. The zero-order valence-electron chi connectivity index (χ0n) is 8.45. The predicted octanol–water partition coefficient (Wildman–Crippen LogP) is 1.49. The molecule has 0 aliphatic rings. The van der Waals surface area contributed by atoms with Gasteiger partial charge in [0, 0.05) is 12.4 Å². The van der Waals surface area contributed by atoms with Crippen LogP contribution in [0.25, 0.3) is 0 Å². The molecule has 0 aliphatic carbocycles. The highest BCUT2D eigenvalue weighted by Crippen LogP contribution is 2.22. The zero-order valence-corrected chi connectivity index (χ0v) is 9.27. The fourth-order valence-corrected chi connectivity index (χ4v) is 1.87. The van der Waals surface area contributed by atoms with E-state index in [9.17, 15) is 9.59 Å². The number of rotatable bonds is 3. The summed E-state index contributed by atoms with van der Waals surface area (Å²) in [4.78, 5) is 30.0. The fourth-order valence-electron chi connectivity index (χ4n) is 1.18. The predicted molar refractivity (Wildman–Crippen MR) is 61.3 cm³/mol. The molecule has 2 N–H and O–H groups in total. The van der Waals surface area contributed by atoms with Gasteiger partial charge in [-0.15, -0.1) is 11.3 Å². The van der Waals surface area contributed by atoms with Gasteiger partial charge < -0.3 is 10.4 Å². The lowest BCUT2D eigenvalue weighted by atomic mass is 10.3. The molecule has 2 rings (SSSR count). The number of carboxylic acids is 1. The van der Waals surface area contributed by atoms with Crippen LogP contribution < -0.4 is 5.32 Å². The van der Waals surface area contributed by atoms with Crippen molar-refractivity contribution in [1.82, 2.24) is 9.97 Å². The highest BCUT2D eigenvalue weighted by molar-refractivity contribution is 7.12. The van der Waals surface area contributed by atoms with Crippen molar-refractivity contribution in [2.24, 2.45) is 0 Å². The van der Waals surface area contributed by atoms with Crippen molar-refractivity contribution in [2.45, 2.75) is 0 Å². The summed E-state index contributed by atoms with van der Waals surface area (Å²) in [7, 11) is 0. The van der Waals surface area contributed by atoms with Crippen molar-refractivity contribution < 1.29 is 14.7 Å². The van der Waals surface area contributed by atoms with Gasteiger partial charge in [-0.2, -0.15) is 0 Å². The number of thiophene rings is 1. The highest BCUT2D eigenvalue weighted by atomic mass is 32.1. The Balaban J connectivity index is 2.19. The third kappa shape index (κ3) is 2.45. The highest BCUT2D eigenvalue weighted by Gasteiger charge is 2.14. The quantitative estimate of drug-likeness (QED) is 0.859. The molecule has 7 heteroatoms. The topological polar surface area (TPSA) is 92.2 Å². The molecular formula is C10H7N3O3S. The first-order valence-corrected chi connectivity index (χ1v) is 5.43. The van der Waals surface area contributed by atoms with E-state index in [1.807, 2.05) is 0 Å². The second kappa shape index (κ2) is 4.71. The van der Waals surface area contributed by atoms with Gasteiger partial charge in [0.25, 0.3) is 5.91 Å². The lowest BCUT2D eigenvalue weighted by Crippen LogP contribution is -2.13. The second-order valence-electron chi connectivity index (χ2n) is 3.05. The van der Waals surface area contributed by atoms with Crippen LogP contribution in [0.15, 0.2) is 30.2 Å². The number of aromatic nitrogens is 2. The minimum absolute atomic E-state index is 0.0928. The van der Waals surface area contributed by atoms with E-state index in [0.29, 0.717) is 0 Å². The molecule has 2 aromatic heterocycles. The zero-order chi connectivity index (χ0) is 12.3. The molecule has 0 radical (unpaired) electrons. The smallest absolute Gasteiger partial charge is 0.348 e. The summed E-state index contributed by atoms with van der Waals surface area (Å²) < 4.78 is 0. The van der Waals surface area contributed by atoms with E-state index in [1.165, 1.54) is 24.8 Å². The van der Waals surface area contributed by atoms with Crippen LogP contribution in [0.4, 0.5) is 5.69 Å². The number of anilines is 1. The Morgan fingerprint density at radius 2 is 2.00 bits per heavy atom. The van der Waals surface area contributed by atoms with Gasteiger partial charge in [0.05, 0.1) is 11.3 Å². The standard InChI is InChI=1S/C10H7N3O3S/c14-9(6-3-11-5-12-4-6)13-7-1-2-17-8(7)10(15)16/h1-5H,(H,13,14)(H,15,16). The van der Waals surface area contributed by atoms with E-state index < -0.39 is 11.9 Å². The van der Waals surface area contributed by atoms with Crippen LogP contribution >= 0.6 is 11.3 Å². The minimum Gasteiger partial charge on any atom is -0.477 e. The van der Waals surface area contributed by atoms with Crippen molar-refractivity contribution >= 4 is 28.9 Å². The van der Waals surface area contributed by atoms with Crippen LogP contribution in [0.5, 0.6) is 0 Å². The number of nitrogens with one attached hydrogen (secondary N) is 1. The minimum atomic E-state index is -1.07. The van der Waals surface area contributed by atoms with Gasteiger partial charge in [-0.3, -0.25) is 4.79 Å². The maximum absolute atomic E-state index is 11.7. The van der Waals surface area contributed by atoms with Crippen molar-refractivity contribution in [3.8, 4) is 0 Å². The van der Waals surface area contributed by atoms with Crippen LogP contribution in [0, 0.1) is 0 Å². The first-order chi connectivity index (χ1) is 8.18. The van der Waals surface area contributed by atoms with Crippen LogP contribution in [-0.2, 0) is 0 Å². The summed E-state index contributed by atoms with van der Waals surface area (Å²) in [6.07, 6.45) is 4.02. The van der Waals surface area contributed by atoms with E-state index in [0.717, 1.165) is 11.3 Å². The molecule has 1 amide bonds. The molecular weight excluding hydrogens is 242 g/mol. The lowest BCUT2D eigenvalue weighted by Gasteiger charge is -2.03. The van der Waals surface area contributed by atoms with E-state index in [-0.39, 0.29) is 16.1 Å². The summed E-state index contributed by atoms with van der Waals surface area (Å²) in [5, 5.41) is 13.0. The van der Waals surface area contributed by atoms with Crippen LogP contribution in [-0.4, -0.2) is 27.0 Å². The van der Waals surface area contributed by atoms with E-state index >= 15 is 0 Å². The third-order valence-corrected chi connectivity index (χ3v) is 2.83. The van der Waals surface area contributed by atoms with E-state index in [4.69, 9.17) is 5.11 Å². The Bertz CT molecular complexity index is 553. The Labute approximate surface area is 100.0 Å². The largest absolute Gasteiger partial charge is 0.477 e. The van der Waals surface area contributed by atoms with E-state index in [2.05, 4.69) is 15.3 Å². The van der Waals surface area contributed by atoms with Gasteiger partial charge in [-0.1, -0.05) is 0 Å². The van der Waals surface area contributed by atoms with Crippen LogP contribution in [0.1, 0.15) is 20.0 Å². The first kappa shape index (κ1) is 11.2. The van der Waals surface area contributed by atoms with Gasteiger partial charge in [-0.25, -0.2) is 14.8 Å². The average Bonchev–Trinajstić information content (AvgIpc) is 2.78. The molecule has 0 atom stereocenters. The number of hydrogen-bond donors (Lipinski definition) is 2. The monoisotopic (exact) mass is 249 g/mol. The molecule has 0 spiro atoms. The van der Waals surface area contributed by atoms with Gasteiger partial charge in [0.2, 0.25) is 0 Å². The number of aromatic carboxylic acids is 1. The number of carboxylic acid groups (broad SMARTS) is 1. The number of nitrogens with zero attached hydrogens (tertiary/aromatic N) is 2. The molecule has 2 aromatic rings. The molecule has 0 unspecified atom stereocenters. The maximum Gasteiger partial charge on any atom is 0.348 e. The molecule has 0 aliphatic heterocycles. The SMILES string of the molecule is O=C(Nc1ccsc1C(=O)O)c1cncnc1.